The minimum absolute atomic E-state index is 0.0576. The smallest absolute Gasteiger partial charge is 0.253 e. The van der Waals surface area contributed by atoms with Crippen LogP contribution >= 0.6 is 0 Å². The van der Waals surface area contributed by atoms with Gasteiger partial charge in [-0.3, -0.25) is 9.78 Å². The van der Waals surface area contributed by atoms with Crippen molar-refractivity contribution in [2.24, 2.45) is 0 Å². The number of pyridine rings is 1. The third kappa shape index (κ3) is 3.17. The highest BCUT2D eigenvalue weighted by atomic mass is 16.5. The number of rotatable bonds is 3. The normalized spacial score (nSPS) is 22.3. The van der Waals surface area contributed by atoms with Gasteiger partial charge in [-0.15, -0.1) is 0 Å². The third-order valence-electron chi connectivity index (χ3n) is 5.24. The molecular formula is C20H22N2O3. The summed E-state index contributed by atoms with van der Waals surface area (Å²) in [7, 11) is 0. The monoisotopic (exact) mass is 338 g/mol. The number of benzene rings is 1. The van der Waals surface area contributed by atoms with E-state index in [2.05, 4.69) is 4.98 Å². The Labute approximate surface area is 147 Å². The summed E-state index contributed by atoms with van der Waals surface area (Å²) in [4.78, 5) is 18.9. The van der Waals surface area contributed by atoms with Gasteiger partial charge in [0, 0.05) is 37.0 Å². The van der Waals surface area contributed by atoms with Gasteiger partial charge >= 0.3 is 0 Å². The molecule has 130 valence electrons. The molecule has 5 nitrogen and oxygen atoms in total. The summed E-state index contributed by atoms with van der Waals surface area (Å²) in [6.07, 6.45) is 5.72. The second kappa shape index (κ2) is 6.58. The van der Waals surface area contributed by atoms with Gasteiger partial charge in [0.25, 0.3) is 5.91 Å². The van der Waals surface area contributed by atoms with Crippen LogP contribution in [-0.2, 0) is 10.3 Å². The highest BCUT2D eigenvalue weighted by Crippen LogP contribution is 2.30. The Kier molecular flexibility index (Phi) is 4.27. The first kappa shape index (κ1) is 16.2. The maximum atomic E-state index is 12.8. The number of carbonyl (C=O) groups is 1. The number of carbonyl (C=O) groups excluding carboxylic acids is 1. The van der Waals surface area contributed by atoms with Crippen molar-refractivity contribution in [2.45, 2.75) is 24.4 Å². The van der Waals surface area contributed by atoms with Gasteiger partial charge in [0.05, 0.1) is 13.2 Å². The molecule has 2 aliphatic rings. The number of likely N-dealkylation sites (tertiary alicyclic amines) is 1. The van der Waals surface area contributed by atoms with Crippen LogP contribution in [0.15, 0.2) is 48.8 Å². The quantitative estimate of drug-likeness (QED) is 0.933. The minimum Gasteiger partial charge on any atom is -0.380 e. The lowest BCUT2D eigenvalue weighted by atomic mass is 9.90. The van der Waals surface area contributed by atoms with E-state index in [-0.39, 0.29) is 5.91 Å². The number of ether oxygens (including phenoxy) is 1. The number of hydrogen-bond donors (Lipinski definition) is 1. The van der Waals surface area contributed by atoms with Gasteiger partial charge in [-0.05, 0) is 48.2 Å². The van der Waals surface area contributed by atoms with Crippen LogP contribution < -0.4 is 0 Å². The predicted molar refractivity (Wildman–Crippen MR) is 93.3 cm³/mol. The van der Waals surface area contributed by atoms with Gasteiger partial charge in [-0.25, -0.2) is 0 Å². The van der Waals surface area contributed by atoms with Crippen LogP contribution in [0.5, 0.6) is 0 Å². The zero-order valence-corrected chi connectivity index (χ0v) is 14.1. The minimum atomic E-state index is -0.890. The number of aliphatic hydroxyl groups is 1. The van der Waals surface area contributed by atoms with E-state index in [4.69, 9.17) is 4.74 Å². The van der Waals surface area contributed by atoms with Crippen molar-refractivity contribution in [3.8, 4) is 0 Å². The topological polar surface area (TPSA) is 62.7 Å². The molecule has 1 amide bonds. The number of nitrogens with zero attached hydrogens (tertiary/aromatic N) is 2. The SMILES string of the molecule is O=C(c1ccc(C2(O)COC2)cc1)N1CCCC(c2ccncc2)C1. The molecule has 0 bridgehead atoms. The Bertz CT molecular complexity index is 741. The van der Waals surface area contributed by atoms with Crippen LogP contribution in [0.1, 0.15) is 40.2 Å². The first-order valence-corrected chi connectivity index (χ1v) is 8.76. The molecule has 0 radical (unpaired) electrons. The van der Waals surface area contributed by atoms with Crippen LogP contribution in [0.3, 0.4) is 0 Å². The molecule has 1 aromatic heterocycles. The Morgan fingerprint density at radius 1 is 1.16 bits per heavy atom. The van der Waals surface area contributed by atoms with E-state index >= 15 is 0 Å². The van der Waals surface area contributed by atoms with Crippen LogP contribution in [0.4, 0.5) is 0 Å². The summed E-state index contributed by atoms with van der Waals surface area (Å²) in [5.74, 6) is 0.426. The standard InChI is InChI=1S/C20H22N2O3/c23-19(16-3-5-18(6-4-16)20(24)13-25-14-20)22-11-1-2-17(12-22)15-7-9-21-10-8-15/h3-10,17,24H,1-2,11-14H2. The molecule has 0 spiro atoms. The van der Waals surface area contributed by atoms with E-state index in [1.807, 2.05) is 53.7 Å². The first-order chi connectivity index (χ1) is 12.2. The van der Waals surface area contributed by atoms with Crippen molar-refractivity contribution in [1.82, 2.24) is 9.88 Å². The van der Waals surface area contributed by atoms with E-state index in [1.54, 1.807) is 0 Å². The van der Waals surface area contributed by atoms with Gasteiger partial charge < -0.3 is 14.7 Å². The fourth-order valence-electron chi connectivity index (χ4n) is 3.64. The number of aromatic nitrogens is 1. The van der Waals surface area contributed by atoms with E-state index < -0.39 is 5.60 Å². The van der Waals surface area contributed by atoms with Crippen molar-refractivity contribution in [3.63, 3.8) is 0 Å². The first-order valence-electron chi connectivity index (χ1n) is 8.76. The van der Waals surface area contributed by atoms with Gasteiger partial charge in [0.2, 0.25) is 0 Å². The number of hydrogen-bond acceptors (Lipinski definition) is 4. The Balaban J connectivity index is 1.47. The highest BCUT2D eigenvalue weighted by molar-refractivity contribution is 5.94. The van der Waals surface area contributed by atoms with Crippen molar-refractivity contribution in [2.75, 3.05) is 26.3 Å². The summed E-state index contributed by atoms with van der Waals surface area (Å²) < 4.78 is 5.09. The van der Waals surface area contributed by atoms with E-state index in [0.29, 0.717) is 24.7 Å². The van der Waals surface area contributed by atoms with Crippen molar-refractivity contribution >= 4 is 5.91 Å². The predicted octanol–water partition coefficient (Wildman–Crippen LogP) is 2.32. The summed E-state index contributed by atoms with van der Waals surface area (Å²) in [6, 6.07) is 11.4. The molecule has 25 heavy (non-hydrogen) atoms. The summed E-state index contributed by atoms with van der Waals surface area (Å²) >= 11 is 0. The molecule has 2 fully saturated rings. The Morgan fingerprint density at radius 2 is 1.88 bits per heavy atom. The summed E-state index contributed by atoms with van der Waals surface area (Å²) in [5.41, 5.74) is 1.83. The van der Waals surface area contributed by atoms with Crippen LogP contribution in [0.2, 0.25) is 0 Å². The van der Waals surface area contributed by atoms with Crippen molar-refractivity contribution in [3.05, 3.63) is 65.5 Å². The van der Waals surface area contributed by atoms with Crippen molar-refractivity contribution < 1.29 is 14.6 Å². The number of piperidine rings is 1. The molecule has 1 atom stereocenters. The van der Waals surface area contributed by atoms with Gasteiger partial charge in [-0.1, -0.05) is 12.1 Å². The molecule has 4 rings (SSSR count). The van der Waals surface area contributed by atoms with Crippen molar-refractivity contribution in [1.29, 1.82) is 0 Å². The third-order valence-corrected chi connectivity index (χ3v) is 5.24. The molecule has 3 heterocycles. The zero-order valence-electron chi connectivity index (χ0n) is 14.1. The van der Waals surface area contributed by atoms with Crippen LogP contribution in [0, 0.1) is 0 Å². The fourth-order valence-corrected chi connectivity index (χ4v) is 3.64. The van der Waals surface area contributed by atoms with E-state index in [9.17, 15) is 9.90 Å². The number of amides is 1. The molecule has 1 N–H and O–H groups in total. The summed E-state index contributed by atoms with van der Waals surface area (Å²) in [6.45, 7) is 2.17. The second-order valence-electron chi connectivity index (χ2n) is 6.97. The molecule has 2 aliphatic heterocycles. The Morgan fingerprint density at radius 3 is 2.52 bits per heavy atom. The second-order valence-corrected chi connectivity index (χ2v) is 6.97. The van der Waals surface area contributed by atoms with E-state index in [1.165, 1.54) is 5.56 Å². The average Bonchev–Trinajstić information content (AvgIpc) is 2.66. The molecule has 1 unspecified atom stereocenters. The van der Waals surface area contributed by atoms with Crippen LogP contribution in [0.25, 0.3) is 0 Å². The average molecular weight is 338 g/mol. The lowest BCUT2D eigenvalue weighted by Crippen LogP contribution is -2.46. The molecule has 1 aromatic carbocycles. The van der Waals surface area contributed by atoms with Gasteiger partial charge in [0.1, 0.15) is 5.60 Å². The molecule has 0 saturated carbocycles. The van der Waals surface area contributed by atoms with Crippen LogP contribution in [-0.4, -0.2) is 47.2 Å². The molecule has 2 saturated heterocycles. The fraction of sp³-hybridized carbons (Fsp3) is 0.400. The van der Waals surface area contributed by atoms with Gasteiger partial charge in [-0.2, -0.15) is 0 Å². The molecule has 2 aromatic rings. The largest absolute Gasteiger partial charge is 0.380 e. The lowest BCUT2D eigenvalue weighted by Gasteiger charge is -2.37. The zero-order chi connectivity index (χ0) is 17.3. The van der Waals surface area contributed by atoms with E-state index in [0.717, 1.165) is 31.5 Å². The summed E-state index contributed by atoms with van der Waals surface area (Å²) in [5, 5.41) is 10.3. The molecule has 0 aliphatic carbocycles. The van der Waals surface area contributed by atoms with Gasteiger partial charge in [0.15, 0.2) is 0 Å². The highest BCUT2D eigenvalue weighted by Gasteiger charge is 2.38. The lowest BCUT2D eigenvalue weighted by molar-refractivity contribution is -0.184. The molecule has 5 heteroatoms. The maximum Gasteiger partial charge on any atom is 0.253 e. The Hall–Kier alpha value is -2.24. The molecular weight excluding hydrogens is 316 g/mol. The maximum absolute atomic E-state index is 12.8.